The summed E-state index contributed by atoms with van der Waals surface area (Å²) in [5, 5.41) is 14.6. The number of aliphatic carboxylic acids is 1. The third-order valence-corrected chi connectivity index (χ3v) is 9.19. The third kappa shape index (κ3) is 5.75. The topological polar surface area (TPSA) is 122 Å². The Hall–Kier alpha value is -4.41. The minimum absolute atomic E-state index is 0.0393. The molecular weight excluding hydrogens is 544 g/mol. The quantitative estimate of drug-likeness (QED) is 0.312. The number of nitrogens with one attached hydrogen (secondary N) is 1. The Balaban J connectivity index is 1.46. The van der Waals surface area contributed by atoms with Crippen LogP contribution in [-0.2, 0) is 39.0 Å². The molecule has 0 aromatic heterocycles. The zero-order valence-electron chi connectivity index (χ0n) is 22.6. The fraction of sp³-hybridized carbons (Fsp3) is 0.226. The van der Waals surface area contributed by atoms with Gasteiger partial charge in [0.25, 0.3) is 0 Å². The molecule has 4 aromatic rings. The lowest BCUT2D eigenvalue weighted by Crippen LogP contribution is -2.55. The molecule has 1 aliphatic rings. The van der Waals surface area contributed by atoms with E-state index in [-0.39, 0.29) is 30.0 Å². The summed E-state index contributed by atoms with van der Waals surface area (Å²) in [6.07, 6.45) is 0.133. The van der Waals surface area contributed by atoms with Crippen molar-refractivity contribution in [2.45, 2.75) is 36.4 Å². The first-order chi connectivity index (χ1) is 19.7. The molecule has 212 valence electrons. The number of benzene rings is 4. The summed E-state index contributed by atoms with van der Waals surface area (Å²) in [6.45, 7) is -0.0483. The minimum Gasteiger partial charge on any atom is -0.493 e. The molecule has 0 radical (unpaired) electrons. The number of hydrogen-bond donors (Lipinski definition) is 2. The molecule has 10 heteroatoms. The van der Waals surface area contributed by atoms with Crippen molar-refractivity contribution < 1.29 is 32.6 Å². The van der Waals surface area contributed by atoms with Crippen LogP contribution in [0, 0.1) is 0 Å². The Kier molecular flexibility index (Phi) is 7.96. The van der Waals surface area contributed by atoms with Crippen LogP contribution in [0.15, 0.2) is 89.8 Å². The largest absolute Gasteiger partial charge is 0.493 e. The number of carboxylic acid groups (broad SMARTS) is 1. The number of methoxy groups -OCH3 is 2. The lowest BCUT2D eigenvalue weighted by atomic mass is 9.95. The van der Waals surface area contributed by atoms with Crippen molar-refractivity contribution in [2.24, 2.45) is 0 Å². The number of sulfonamides is 1. The normalized spacial score (nSPS) is 16.0. The summed E-state index contributed by atoms with van der Waals surface area (Å²) in [7, 11) is -1.35. The van der Waals surface area contributed by atoms with Gasteiger partial charge in [-0.05, 0) is 46.0 Å². The molecule has 0 saturated carbocycles. The van der Waals surface area contributed by atoms with E-state index in [2.05, 4.69) is 5.32 Å². The molecule has 0 fully saturated rings. The van der Waals surface area contributed by atoms with Gasteiger partial charge in [-0.3, -0.25) is 4.79 Å². The van der Waals surface area contributed by atoms with E-state index in [1.807, 2.05) is 66.7 Å². The number of carbonyl (C=O) groups excluding carboxylic acids is 1. The molecule has 0 aliphatic carbocycles. The maximum absolute atomic E-state index is 13.9. The smallest absolute Gasteiger partial charge is 0.326 e. The van der Waals surface area contributed by atoms with Crippen LogP contribution in [0.2, 0.25) is 0 Å². The summed E-state index contributed by atoms with van der Waals surface area (Å²) in [6, 6.07) is 22.5. The monoisotopic (exact) mass is 574 g/mol. The van der Waals surface area contributed by atoms with Gasteiger partial charge in [-0.25, -0.2) is 13.2 Å². The number of carbonyl (C=O) groups is 2. The van der Waals surface area contributed by atoms with E-state index in [4.69, 9.17) is 9.47 Å². The van der Waals surface area contributed by atoms with Gasteiger partial charge in [0, 0.05) is 19.0 Å². The molecule has 1 unspecified atom stereocenters. The summed E-state index contributed by atoms with van der Waals surface area (Å²) < 4.78 is 39.6. The molecule has 2 N–H and O–H groups in total. The maximum atomic E-state index is 13.9. The number of nitrogens with zero attached hydrogens (tertiary/aromatic N) is 1. The molecular formula is C31H30N2O7S. The Morgan fingerprint density at radius 3 is 2.29 bits per heavy atom. The average molecular weight is 575 g/mol. The van der Waals surface area contributed by atoms with Gasteiger partial charge in [-0.2, -0.15) is 4.31 Å². The third-order valence-electron chi connectivity index (χ3n) is 7.34. The van der Waals surface area contributed by atoms with E-state index in [1.54, 1.807) is 0 Å². The molecule has 0 spiro atoms. The average Bonchev–Trinajstić information content (AvgIpc) is 2.99. The Labute approximate surface area is 238 Å². The second-order valence-electron chi connectivity index (χ2n) is 9.84. The molecule has 5 rings (SSSR count). The van der Waals surface area contributed by atoms with Gasteiger partial charge in [0.15, 0.2) is 11.5 Å². The highest BCUT2D eigenvalue weighted by molar-refractivity contribution is 7.89. The zero-order chi connectivity index (χ0) is 29.1. The van der Waals surface area contributed by atoms with Crippen LogP contribution in [0.25, 0.3) is 10.8 Å². The van der Waals surface area contributed by atoms with Gasteiger partial charge < -0.3 is 19.9 Å². The standard InChI is InChI=1S/C31H30N2O7S/c1-39-28-14-13-25(18-29(28)40-2)41(37,38)33-19-24-10-6-5-9-23(24)17-27(33)30(34)32-26(31(35)36)16-20-11-12-21-7-3-4-8-22(21)15-20/h3-15,18,26-27H,16-17,19H2,1-2H3,(H,32,34)(H,35,36)/t26?,27-/m0/s1. The first-order valence-electron chi connectivity index (χ1n) is 13.0. The summed E-state index contributed by atoms with van der Waals surface area (Å²) >= 11 is 0. The van der Waals surface area contributed by atoms with Crippen molar-refractivity contribution in [1.82, 2.24) is 9.62 Å². The van der Waals surface area contributed by atoms with Crippen molar-refractivity contribution in [1.29, 1.82) is 0 Å². The van der Waals surface area contributed by atoms with Gasteiger partial charge in [-0.15, -0.1) is 0 Å². The predicted octanol–water partition coefficient (Wildman–Crippen LogP) is 3.78. The summed E-state index contributed by atoms with van der Waals surface area (Å²) in [4.78, 5) is 25.9. The zero-order valence-corrected chi connectivity index (χ0v) is 23.4. The van der Waals surface area contributed by atoms with E-state index in [1.165, 1.54) is 32.4 Å². The second-order valence-corrected chi connectivity index (χ2v) is 11.7. The van der Waals surface area contributed by atoms with Crippen molar-refractivity contribution in [3.05, 3.63) is 102 Å². The first kappa shape index (κ1) is 28.1. The summed E-state index contributed by atoms with van der Waals surface area (Å²) in [5.74, 6) is -1.30. The Bertz CT molecular complexity index is 1720. The lowest BCUT2D eigenvalue weighted by Gasteiger charge is -2.35. The maximum Gasteiger partial charge on any atom is 0.326 e. The number of rotatable bonds is 9. The van der Waals surface area contributed by atoms with Gasteiger partial charge in [0.05, 0.1) is 19.1 Å². The first-order valence-corrected chi connectivity index (χ1v) is 14.5. The van der Waals surface area contributed by atoms with Crippen LogP contribution in [0.3, 0.4) is 0 Å². The van der Waals surface area contributed by atoms with Crippen LogP contribution in [-0.4, -0.2) is 56.0 Å². The van der Waals surface area contributed by atoms with Gasteiger partial charge >= 0.3 is 5.97 Å². The molecule has 0 bridgehead atoms. The molecule has 1 aliphatic heterocycles. The number of ether oxygens (including phenoxy) is 2. The van der Waals surface area contributed by atoms with Crippen LogP contribution < -0.4 is 14.8 Å². The molecule has 1 heterocycles. The highest BCUT2D eigenvalue weighted by atomic mass is 32.2. The van der Waals surface area contributed by atoms with E-state index in [0.29, 0.717) is 5.75 Å². The van der Waals surface area contributed by atoms with E-state index < -0.39 is 34.0 Å². The molecule has 1 amide bonds. The van der Waals surface area contributed by atoms with Crippen molar-refractivity contribution >= 4 is 32.7 Å². The molecule has 0 saturated heterocycles. The highest BCUT2D eigenvalue weighted by Crippen LogP contribution is 2.34. The van der Waals surface area contributed by atoms with E-state index in [9.17, 15) is 23.1 Å². The van der Waals surface area contributed by atoms with Gasteiger partial charge in [0.1, 0.15) is 12.1 Å². The predicted molar refractivity (Wildman–Crippen MR) is 153 cm³/mol. The second kappa shape index (κ2) is 11.6. The number of hydrogen-bond acceptors (Lipinski definition) is 6. The van der Waals surface area contributed by atoms with Crippen molar-refractivity contribution in [3.8, 4) is 11.5 Å². The molecule has 4 aromatic carbocycles. The number of amides is 1. The van der Waals surface area contributed by atoms with Crippen molar-refractivity contribution in [3.63, 3.8) is 0 Å². The van der Waals surface area contributed by atoms with E-state index >= 15 is 0 Å². The fourth-order valence-electron chi connectivity index (χ4n) is 5.16. The Morgan fingerprint density at radius 1 is 0.902 bits per heavy atom. The molecule has 2 atom stereocenters. The van der Waals surface area contributed by atoms with Crippen LogP contribution >= 0.6 is 0 Å². The highest BCUT2D eigenvalue weighted by Gasteiger charge is 2.41. The summed E-state index contributed by atoms with van der Waals surface area (Å²) in [5.41, 5.74) is 2.33. The van der Waals surface area contributed by atoms with Crippen LogP contribution in [0.5, 0.6) is 11.5 Å². The fourth-order valence-corrected chi connectivity index (χ4v) is 6.74. The molecule has 41 heavy (non-hydrogen) atoms. The number of fused-ring (bicyclic) bond motifs is 2. The van der Waals surface area contributed by atoms with Gasteiger partial charge in [0.2, 0.25) is 15.9 Å². The SMILES string of the molecule is COc1ccc(S(=O)(=O)N2Cc3ccccc3C[C@H]2C(=O)NC(Cc2ccc3ccccc3c2)C(=O)O)cc1OC. The number of carboxylic acids is 1. The van der Waals surface area contributed by atoms with Gasteiger partial charge in [-0.1, -0.05) is 66.7 Å². The van der Waals surface area contributed by atoms with Crippen LogP contribution in [0.1, 0.15) is 16.7 Å². The lowest BCUT2D eigenvalue weighted by molar-refractivity contribution is -0.142. The van der Waals surface area contributed by atoms with Crippen molar-refractivity contribution in [2.75, 3.05) is 14.2 Å². The Morgan fingerprint density at radius 2 is 1.59 bits per heavy atom. The molecule has 9 nitrogen and oxygen atoms in total. The van der Waals surface area contributed by atoms with E-state index in [0.717, 1.165) is 31.8 Å². The van der Waals surface area contributed by atoms with Crippen LogP contribution in [0.4, 0.5) is 0 Å². The minimum atomic E-state index is -4.21.